The van der Waals surface area contributed by atoms with Crippen molar-refractivity contribution in [1.29, 1.82) is 0 Å². The number of fused-ring (bicyclic) bond motifs is 7. The van der Waals surface area contributed by atoms with Gasteiger partial charge in [0, 0.05) is 16.8 Å². The van der Waals surface area contributed by atoms with Crippen LogP contribution in [0.15, 0.2) is 200 Å². The highest BCUT2D eigenvalue weighted by atomic mass is 15.1. The molecule has 0 aliphatic heterocycles. The van der Waals surface area contributed by atoms with E-state index in [1.807, 2.05) is 140 Å². The van der Waals surface area contributed by atoms with Crippen molar-refractivity contribution >= 4 is 70.9 Å². The minimum atomic E-state index is -0.382. The van der Waals surface area contributed by atoms with Crippen LogP contribution in [0.1, 0.15) is 11.0 Å². The lowest BCUT2D eigenvalue weighted by molar-refractivity contribution is 1.30. The Morgan fingerprint density at radius 3 is 1.18 bits per heavy atom. The molecule has 0 spiro atoms. The fourth-order valence-corrected chi connectivity index (χ4v) is 7.38. The average molecular weight is 656 g/mol. The highest BCUT2D eigenvalue weighted by Gasteiger charge is 2.17. The molecule has 0 heterocycles. The monoisotopic (exact) mass is 655 g/mol. The third-order valence-electron chi connectivity index (χ3n) is 9.75. The second kappa shape index (κ2) is 12.0. The number of rotatable bonds is 5. The largest absolute Gasteiger partial charge is 0.310 e. The Kier molecular flexibility index (Phi) is 5.21. The first-order valence-electron chi connectivity index (χ1n) is 21.0. The van der Waals surface area contributed by atoms with Gasteiger partial charge in [-0.25, -0.2) is 0 Å². The van der Waals surface area contributed by atoms with E-state index in [-0.39, 0.29) is 70.8 Å². The van der Waals surface area contributed by atoms with Crippen molar-refractivity contribution in [3.8, 4) is 22.3 Å². The molecule has 0 unspecified atom stereocenters. The minimum Gasteiger partial charge on any atom is -0.310 e. The van der Waals surface area contributed by atoms with Gasteiger partial charge in [-0.05, 0) is 113 Å². The highest BCUT2D eigenvalue weighted by Crippen LogP contribution is 2.42. The molecule has 10 rings (SSSR count). The molecular formula is C50H33N. The summed E-state index contributed by atoms with van der Waals surface area (Å²) < 4.78 is 77.0. The number of benzene rings is 10. The van der Waals surface area contributed by atoms with E-state index in [0.717, 1.165) is 48.5 Å². The van der Waals surface area contributed by atoms with Gasteiger partial charge in [0.1, 0.15) is 0 Å². The lowest BCUT2D eigenvalue weighted by atomic mass is 9.93. The molecule has 0 atom stereocenters. The van der Waals surface area contributed by atoms with E-state index in [2.05, 4.69) is 0 Å². The Balaban J connectivity index is 1.28. The van der Waals surface area contributed by atoms with Gasteiger partial charge in [-0.1, -0.05) is 158 Å². The van der Waals surface area contributed by atoms with Crippen molar-refractivity contribution in [2.45, 2.75) is 0 Å². The molecule has 0 N–H and O–H groups in total. The molecule has 0 radical (unpaired) electrons. The van der Waals surface area contributed by atoms with Gasteiger partial charge in [-0.2, -0.15) is 0 Å². The summed E-state index contributed by atoms with van der Waals surface area (Å²) in [4.78, 5) is 1.40. The first-order valence-corrected chi connectivity index (χ1v) is 17.0. The van der Waals surface area contributed by atoms with Crippen molar-refractivity contribution in [2.24, 2.45) is 0 Å². The van der Waals surface area contributed by atoms with Gasteiger partial charge < -0.3 is 4.90 Å². The van der Waals surface area contributed by atoms with E-state index in [1.54, 1.807) is 12.1 Å². The molecule has 10 aromatic rings. The van der Waals surface area contributed by atoms with Gasteiger partial charge >= 0.3 is 0 Å². The van der Waals surface area contributed by atoms with Crippen LogP contribution in [0.4, 0.5) is 17.1 Å². The molecule has 0 aliphatic rings. The van der Waals surface area contributed by atoms with Gasteiger partial charge in [-0.15, -0.1) is 0 Å². The molecule has 10 aromatic carbocycles. The Labute approximate surface area is 308 Å². The van der Waals surface area contributed by atoms with Crippen LogP contribution in [0.5, 0.6) is 0 Å². The number of hydrogen-bond donors (Lipinski definition) is 0. The minimum absolute atomic E-state index is 0.127. The van der Waals surface area contributed by atoms with Gasteiger partial charge in [0.05, 0.1) is 16.7 Å². The molecule has 1 heteroatoms. The van der Waals surface area contributed by atoms with E-state index >= 15 is 0 Å². The fraction of sp³-hybridized carbons (Fsp3) is 0. The highest BCUT2D eigenvalue weighted by molar-refractivity contribution is 6.15. The molecule has 51 heavy (non-hydrogen) atoms. The summed E-state index contributed by atoms with van der Waals surface area (Å²) in [5, 5.41) is 8.66. The maximum Gasteiger partial charge on any atom is 0.0645 e. The Bertz CT molecular complexity index is 3150. The van der Waals surface area contributed by atoms with E-state index < -0.39 is 0 Å². The Hall–Kier alpha value is -6.70. The predicted molar refractivity (Wildman–Crippen MR) is 220 cm³/mol. The molecule has 1 nitrogen and oxygen atoms in total. The molecule has 0 saturated heterocycles. The second-order valence-electron chi connectivity index (χ2n) is 12.7. The van der Waals surface area contributed by atoms with Crippen LogP contribution in [0.3, 0.4) is 0 Å². The molecule has 0 bridgehead atoms. The van der Waals surface area contributed by atoms with Crippen LogP contribution in [0.2, 0.25) is 0 Å². The quantitative estimate of drug-likeness (QED) is 0.167. The summed E-state index contributed by atoms with van der Waals surface area (Å²) in [6.07, 6.45) is 0. The predicted octanol–water partition coefficient (Wildman–Crippen LogP) is 14.3. The summed E-state index contributed by atoms with van der Waals surface area (Å²) in [5.41, 5.74) is 1.37. The van der Waals surface area contributed by atoms with Gasteiger partial charge in [-0.3, -0.25) is 0 Å². The molecule has 0 fully saturated rings. The fourth-order valence-electron chi connectivity index (χ4n) is 7.38. The Morgan fingerprint density at radius 2 is 0.686 bits per heavy atom. The zero-order chi connectivity index (χ0) is 40.7. The normalized spacial score (nSPS) is 13.7. The molecular weight excluding hydrogens is 615 g/mol. The molecule has 0 aliphatic carbocycles. The standard InChI is InChI=1S/C50H33N/c1-6-18-43-34(12-1)15-11-23-50(43)51(39-28-24-35(25-29-39)48-32-37-13-2-4-16-41(37)44-19-7-9-21-46(44)48)40-30-26-36(27-31-40)49-33-38-14-3-5-17-42(38)45-20-8-10-22-47(45)49/h1-33H/i24D,25D,26D,27D,28D,29D,30D,31D. The average Bonchev–Trinajstić information content (AvgIpc) is 3.27. The van der Waals surface area contributed by atoms with Crippen LogP contribution < -0.4 is 4.90 Å². The van der Waals surface area contributed by atoms with Crippen molar-refractivity contribution in [3.63, 3.8) is 0 Å². The van der Waals surface area contributed by atoms with Crippen LogP contribution >= 0.6 is 0 Å². The van der Waals surface area contributed by atoms with Crippen molar-refractivity contribution in [1.82, 2.24) is 0 Å². The maximum atomic E-state index is 9.67. The number of hydrogen-bond acceptors (Lipinski definition) is 1. The first-order chi connectivity index (χ1) is 28.7. The summed E-state index contributed by atoms with van der Waals surface area (Å²) in [5.74, 6) is 0. The maximum absolute atomic E-state index is 9.67. The molecule has 0 saturated carbocycles. The van der Waals surface area contributed by atoms with Crippen LogP contribution in [-0.4, -0.2) is 0 Å². The third kappa shape index (κ3) is 4.94. The lowest BCUT2D eigenvalue weighted by Crippen LogP contribution is -2.10. The van der Waals surface area contributed by atoms with E-state index in [9.17, 15) is 11.0 Å². The summed E-state index contributed by atoms with van der Waals surface area (Å²) in [6.45, 7) is 0. The summed E-state index contributed by atoms with van der Waals surface area (Å²) in [7, 11) is 0. The number of nitrogens with zero attached hydrogens (tertiary/aromatic N) is 1. The topological polar surface area (TPSA) is 3.24 Å². The van der Waals surface area contributed by atoms with Gasteiger partial charge in [0.2, 0.25) is 0 Å². The lowest BCUT2D eigenvalue weighted by Gasteiger charge is -2.27. The summed E-state index contributed by atoms with van der Waals surface area (Å²) >= 11 is 0. The first kappa shape index (κ1) is 22.1. The number of anilines is 3. The SMILES string of the molecule is [2H]c1c([2H])c(N(c2c([2H])c([2H])c(-c3cc4ccccc4c4ccccc34)c([2H])c2[2H])c2cccc3ccccc23)c([2H])c([2H])c1-c1cc2ccccc2c2ccccc12. The smallest absolute Gasteiger partial charge is 0.0645 e. The van der Waals surface area contributed by atoms with Crippen LogP contribution in [0, 0.1) is 0 Å². The van der Waals surface area contributed by atoms with Crippen molar-refractivity contribution in [3.05, 3.63) is 200 Å². The van der Waals surface area contributed by atoms with E-state index in [0.29, 0.717) is 22.2 Å². The molecule has 0 amide bonds. The van der Waals surface area contributed by atoms with Crippen molar-refractivity contribution in [2.75, 3.05) is 4.90 Å². The summed E-state index contributed by atoms with van der Waals surface area (Å²) in [6, 6.07) is 45.3. The van der Waals surface area contributed by atoms with Gasteiger partial charge in [0.15, 0.2) is 0 Å². The molecule has 0 aromatic heterocycles. The van der Waals surface area contributed by atoms with Crippen LogP contribution in [0.25, 0.3) is 76.1 Å². The van der Waals surface area contributed by atoms with Crippen LogP contribution in [-0.2, 0) is 0 Å². The zero-order valence-electron chi connectivity index (χ0n) is 35.4. The Morgan fingerprint density at radius 1 is 0.314 bits per heavy atom. The molecule has 238 valence electrons. The van der Waals surface area contributed by atoms with E-state index in [4.69, 9.17) is 0 Å². The van der Waals surface area contributed by atoms with Crippen molar-refractivity contribution < 1.29 is 11.0 Å². The van der Waals surface area contributed by atoms with Gasteiger partial charge in [0.25, 0.3) is 0 Å². The third-order valence-corrected chi connectivity index (χ3v) is 9.75. The second-order valence-corrected chi connectivity index (χ2v) is 12.7. The van der Waals surface area contributed by atoms with E-state index in [1.165, 1.54) is 4.90 Å². The zero-order valence-corrected chi connectivity index (χ0v) is 27.4.